The maximum atomic E-state index is 13.9. The van der Waals surface area contributed by atoms with Crippen molar-refractivity contribution in [2.24, 2.45) is 0 Å². The van der Waals surface area contributed by atoms with E-state index in [2.05, 4.69) is 18.3 Å². The molecule has 2 aromatic rings. The first-order valence-corrected chi connectivity index (χ1v) is 7.34. The fraction of sp³-hybridized carbons (Fsp3) is 0.333. The Morgan fingerprint density at radius 3 is 2.33 bits per heavy atom. The van der Waals surface area contributed by atoms with E-state index >= 15 is 0 Å². The van der Waals surface area contributed by atoms with Gasteiger partial charge in [-0.3, -0.25) is 0 Å². The fourth-order valence-electron chi connectivity index (χ4n) is 2.44. The number of hydrogen-bond donors (Lipinski definition) is 1. The van der Waals surface area contributed by atoms with Gasteiger partial charge >= 0.3 is 0 Å². The predicted molar refractivity (Wildman–Crippen MR) is 82.3 cm³/mol. The molecule has 3 heteroatoms. The molecule has 2 aromatic carbocycles. The lowest BCUT2D eigenvalue weighted by Crippen LogP contribution is -2.25. The summed E-state index contributed by atoms with van der Waals surface area (Å²) in [7, 11) is 0. The van der Waals surface area contributed by atoms with Gasteiger partial charge in [-0.05, 0) is 44.0 Å². The van der Waals surface area contributed by atoms with Gasteiger partial charge in [0.2, 0.25) is 0 Å². The molecule has 0 heterocycles. The van der Waals surface area contributed by atoms with Gasteiger partial charge in [-0.1, -0.05) is 42.8 Å². The van der Waals surface area contributed by atoms with Crippen molar-refractivity contribution in [1.82, 2.24) is 5.32 Å². The van der Waals surface area contributed by atoms with E-state index < -0.39 is 11.6 Å². The normalized spacial score (nSPS) is 12.4. The second kappa shape index (κ2) is 7.32. The van der Waals surface area contributed by atoms with Crippen LogP contribution in [0.15, 0.2) is 42.5 Å². The first-order valence-electron chi connectivity index (χ1n) is 7.34. The van der Waals surface area contributed by atoms with Crippen LogP contribution >= 0.6 is 0 Å². The van der Waals surface area contributed by atoms with E-state index in [1.54, 1.807) is 0 Å². The molecule has 0 bridgehead atoms. The molecule has 0 aliphatic rings. The lowest BCUT2D eigenvalue weighted by Gasteiger charge is -2.20. The quantitative estimate of drug-likeness (QED) is 0.822. The fourth-order valence-corrected chi connectivity index (χ4v) is 2.44. The highest BCUT2D eigenvalue weighted by Gasteiger charge is 2.17. The maximum absolute atomic E-state index is 13.9. The van der Waals surface area contributed by atoms with Crippen molar-refractivity contribution in [1.29, 1.82) is 0 Å². The molecule has 1 nitrogen and oxygen atoms in total. The minimum atomic E-state index is -0.481. The summed E-state index contributed by atoms with van der Waals surface area (Å²) in [6.07, 6.45) is 1.28. The van der Waals surface area contributed by atoms with Gasteiger partial charge in [0, 0.05) is 11.6 Å². The molecular formula is C18H21F2N. The molecule has 1 atom stereocenters. The van der Waals surface area contributed by atoms with Crippen LogP contribution in [0.1, 0.15) is 36.1 Å². The lowest BCUT2D eigenvalue weighted by atomic mass is 9.97. The zero-order chi connectivity index (χ0) is 15.2. The van der Waals surface area contributed by atoms with Gasteiger partial charge in [0.25, 0.3) is 0 Å². The van der Waals surface area contributed by atoms with Crippen LogP contribution in [0.3, 0.4) is 0 Å². The zero-order valence-electron chi connectivity index (χ0n) is 12.5. The Morgan fingerprint density at radius 2 is 1.71 bits per heavy atom. The van der Waals surface area contributed by atoms with Gasteiger partial charge in [-0.15, -0.1) is 0 Å². The molecule has 0 aromatic heterocycles. The number of nitrogens with one attached hydrogen (secondary N) is 1. The minimum Gasteiger partial charge on any atom is -0.310 e. The number of halogens is 2. The average molecular weight is 289 g/mol. The summed E-state index contributed by atoms with van der Waals surface area (Å²) in [6, 6.07) is 12.0. The second-order valence-electron chi connectivity index (χ2n) is 5.33. The molecule has 0 saturated carbocycles. The largest absolute Gasteiger partial charge is 0.310 e. The van der Waals surface area contributed by atoms with Crippen molar-refractivity contribution in [3.05, 3.63) is 70.8 Å². The number of rotatable bonds is 6. The third-order valence-electron chi connectivity index (χ3n) is 3.56. The molecule has 0 aliphatic heterocycles. The van der Waals surface area contributed by atoms with Crippen molar-refractivity contribution < 1.29 is 8.78 Å². The Hall–Kier alpha value is -1.74. The van der Waals surface area contributed by atoms with Crippen molar-refractivity contribution in [2.75, 3.05) is 6.54 Å². The third-order valence-corrected chi connectivity index (χ3v) is 3.56. The Morgan fingerprint density at radius 1 is 1.05 bits per heavy atom. The van der Waals surface area contributed by atoms with Crippen LogP contribution in [0, 0.1) is 18.6 Å². The highest BCUT2D eigenvalue weighted by atomic mass is 19.1. The van der Waals surface area contributed by atoms with E-state index in [4.69, 9.17) is 0 Å². The molecule has 0 saturated heterocycles. The van der Waals surface area contributed by atoms with Crippen LogP contribution in [0.25, 0.3) is 0 Å². The van der Waals surface area contributed by atoms with Crippen molar-refractivity contribution in [3.63, 3.8) is 0 Å². The Balaban J connectivity index is 2.28. The van der Waals surface area contributed by atoms with Gasteiger partial charge in [-0.25, -0.2) is 8.78 Å². The van der Waals surface area contributed by atoms with Gasteiger partial charge < -0.3 is 5.32 Å². The van der Waals surface area contributed by atoms with Crippen molar-refractivity contribution in [2.45, 2.75) is 32.7 Å². The summed E-state index contributed by atoms with van der Waals surface area (Å²) >= 11 is 0. The molecule has 1 unspecified atom stereocenters. The molecule has 0 fully saturated rings. The predicted octanol–water partition coefficient (Wildman–Crippen LogP) is 4.56. The van der Waals surface area contributed by atoms with Crippen LogP contribution in [0.5, 0.6) is 0 Å². The lowest BCUT2D eigenvalue weighted by molar-refractivity contribution is 0.490. The van der Waals surface area contributed by atoms with Gasteiger partial charge in [-0.2, -0.15) is 0 Å². The Labute approximate surface area is 125 Å². The second-order valence-corrected chi connectivity index (χ2v) is 5.33. The van der Waals surface area contributed by atoms with E-state index in [0.717, 1.165) is 24.1 Å². The summed E-state index contributed by atoms with van der Waals surface area (Å²) in [4.78, 5) is 0. The topological polar surface area (TPSA) is 12.0 Å². The first kappa shape index (κ1) is 15.6. The van der Waals surface area contributed by atoms with Crippen molar-refractivity contribution in [3.8, 4) is 0 Å². The number of benzene rings is 2. The van der Waals surface area contributed by atoms with Crippen LogP contribution < -0.4 is 5.32 Å². The molecule has 0 radical (unpaired) electrons. The molecule has 0 amide bonds. The molecule has 112 valence electrons. The molecule has 21 heavy (non-hydrogen) atoms. The summed E-state index contributed by atoms with van der Waals surface area (Å²) in [5, 5.41) is 3.38. The van der Waals surface area contributed by atoms with Crippen LogP contribution in [0.2, 0.25) is 0 Å². The molecule has 1 N–H and O–H groups in total. The average Bonchev–Trinajstić information content (AvgIpc) is 2.46. The van der Waals surface area contributed by atoms with Gasteiger partial charge in [0.15, 0.2) is 0 Å². The van der Waals surface area contributed by atoms with Gasteiger partial charge in [0.1, 0.15) is 11.6 Å². The Bertz CT molecular complexity index is 575. The molecule has 0 aliphatic carbocycles. The molecule has 2 rings (SSSR count). The monoisotopic (exact) mass is 289 g/mol. The molecule has 0 spiro atoms. The summed E-state index contributed by atoms with van der Waals surface area (Å²) < 4.78 is 27.7. The third kappa shape index (κ3) is 4.11. The standard InChI is InChI=1S/C18H21F2N/c1-3-10-21-18(14-7-4-6-13(2)11-14)12-15-16(19)8-5-9-17(15)20/h4-9,11,18,21H,3,10,12H2,1-2H3. The summed E-state index contributed by atoms with van der Waals surface area (Å²) in [5.74, 6) is -0.961. The van der Waals surface area contributed by atoms with E-state index in [0.29, 0.717) is 6.42 Å². The zero-order valence-corrected chi connectivity index (χ0v) is 12.5. The van der Waals surface area contributed by atoms with E-state index in [9.17, 15) is 8.78 Å². The maximum Gasteiger partial charge on any atom is 0.129 e. The van der Waals surface area contributed by atoms with Gasteiger partial charge in [0.05, 0.1) is 0 Å². The van der Waals surface area contributed by atoms with Crippen molar-refractivity contribution >= 4 is 0 Å². The summed E-state index contributed by atoms with van der Waals surface area (Å²) in [6.45, 7) is 4.91. The summed E-state index contributed by atoms with van der Waals surface area (Å²) in [5.41, 5.74) is 2.35. The van der Waals surface area contributed by atoms with Crippen LogP contribution in [0.4, 0.5) is 8.78 Å². The van der Waals surface area contributed by atoms with E-state index in [-0.39, 0.29) is 11.6 Å². The van der Waals surface area contributed by atoms with E-state index in [1.165, 1.54) is 18.2 Å². The molecular weight excluding hydrogens is 268 g/mol. The highest BCUT2D eigenvalue weighted by molar-refractivity contribution is 5.28. The highest BCUT2D eigenvalue weighted by Crippen LogP contribution is 2.23. The van der Waals surface area contributed by atoms with Crippen LogP contribution in [-0.4, -0.2) is 6.54 Å². The minimum absolute atomic E-state index is 0.0868. The Kier molecular flexibility index (Phi) is 5.45. The van der Waals surface area contributed by atoms with Crippen LogP contribution in [-0.2, 0) is 6.42 Å². The number of aryl methyl sites for hydroxylation is 1. The SMILES string of the molecule is CCCNC(Cc1c(F)cccc1F)c1cccc(C)c1. The van der Waals surface area contributed by atoms with E-state index in [1.807, 2.05) is 25.1 Å². The number of hydrogen-bond acceptors (Lipinski definition) is 1. The smallest absolute Gasteiger partial charge is 0.129 e. The first-order chi connectivity index (χ1) is 10.1.